The molecular weight excluding hydrogens is 430 g/mol. The van der Waals surface area contributed by atoms with Crippen LogP contribution >= 0.6 is 0 Å². The van der Waals surface area contributed by atoms with E-state index in [1.165, 1.54) is 25.9 Å². The summed E-state index contributed by atoms with van der Waals surface area (Å²) in [7, 11) is 1.67. The Kier molecular flexibility index (Phi) is 7.73. The molecule has 1 aliphatic heterocycles. The van der Waals surface area contributed by atoms with Crippen molar-refractivity contribution in [3.8, 4) is 11.5 Å². The lowest BCUT2D eigenvalue weighted by Crippen LogP contribution is -2.27. The van der Waals surface area contributed by atoms with E-state index in [9.17, 15) is 4.79 Å². The van der Waals surface area contributed by atoms with E-state index >= 15 is 0 Å². The Hall–Kier alpha value is -3.06. The molecular formula is C27H35N3O4. The molecule has 3 aromatic rings. The van der Waals surface area contributed by atoms with Gasteiger partial charge in [-0.15, -0.1) is 0 Å². The zero-order valence-corrected chi connectivity index (χ0v) is 20.4. The summed E-state index contributed by atoms with van der Waals surface area (Å²) in [5, 5.41) is 5.56. The van der Waals surface area contributed by atoms with Gasteiger partial charge in [-0.1, -0.05) is 18.2 Å². The maximum absolute atomic E-state index is 10.8. The van der Waals surface area contributed by atoms with Gasteiger partial charge < -0.3 is 24.4 Å². The Morgan fingerprint density at radius 3 is 2.65 bits per heavy atom. The quantitative estimate of drug-likeness (QED) is 0.229. The van der Waals surface area contributed by atoms with E-state index in [1.54, 1.807) is 7.11 Å². The number of methoxy groups -OCH3 is 1. The molecule has 7 nitrogen and oxygen atoms in total. The average Bonchev–Trinajstić information content (AvgIpc) is 3.34. The molecule has 1 aliphatic rings. The second kappa shape index (κ2) is 10.9. The number of pyridine rings is 1. The Balaban J connectivity index is 1.58. The zero-order chi connectivity index (χ0) is 24.0. The maximum Gasteiger partial charge on any atom is 0.293 e. The third-order valence-electron chi connectivity index (χ3n) is 6.44. The van der Waals surface area contributed by atoms with E-state index < -0.39 is 5.60 Å². The molecule has 34 heavy (non-hydrogen) atoms. The first-order valence-electron chi connectivity index (χ1n) is 12.1. The number of benzene rings is 2. The monoisotopic (exact) mass is 465 g/mol. The number of rotatable bonds is 12. The van der Waals surface area contributed by atoms with Crippen LogP contribution in [0.2, 0.25) is 0 Å². The van der Waals surface area contributed by atoms with Crippen LogP contribution in [-0.2, 0) is 9.53 Å². The van der Waals surface area contributed by atoms with Crippen molar-refractivity contribution in [3.63, 3.8) is 0 Å². The molecule has 4 rings (SSSR count). The zero-order valence-electron chi connectivity index (χ0n) is 20.4. The van der Waals surface area contributed by atoms with Crippen molar-refractivity contribution >= 4 is 34.0 Å². The number of anilines is 1. The molecule has 1 aromatic heterocycles. The number of hydrogen-bond acceptors (Lipinski definition) is 7. The first-order chi connectivity index (χ1) is 16.5. The van der Waals surface area contributed by atoms with E-state index in [-0.39, 0.29) is 0 Å². The number of hydrogen-bond donors (Lipinski definition) is 1. The first-order valence-corrected chi connectivity index (χ1v) is 12.1. The van der Waals surface area contributed by atoms with Crippen molar-refractivity contribution in [2.24, 2.45) is 0 Å². The molecule has 2 aromatic carbocycles. The minimum absolute atomic E-state index is 0.509. The third kappa shape index (κ3) is 5.70. The van der Waals surface area contributed by atoms with Crippen LogP contribution in [0, 0.1) is 0 Å². The van der Waals surface area contributed by atoms with Crippen LogP contribution in [0.1, 0.15) is 39.5 Å². The van der Waals surface area contributed by atoms with Gasteiger partial charge in [-0.05, 0) is 58.3 Å². The predicted octanol–water partition coefficient (Wildman–Crippen LogP) is 5.01. The topological polar surface area (TPSA) is 72.9 Å². The normalized spacial score (nSPS) is 14.4. The molecule has 1 fully saturated rings. The Morgan fingerprint density at radius 2 is 1.88 bits per heavy atom. The lowest BCUT2D eigenvalue weighted by molar-refractivity contribution is -0.140. The van der Waals surface area contributed by atoms with Crippen LogP contribution < -0.4 is 14.8 Å². The SMILES string of the molecule is COc1cc2c(NCCC(C)(C)OC=O)c3ccccc3nc2cc1OCCCN1CCCC1. The number of fused-ring (bicyclic) bond motifs is 2. The lowest BCUT2D eigenvalue weighted by Gasteiger charge is -2.23. The molecule has 0 atom stereocenters. The highest BCUT2D eigenvalue weighted by Gasteiger charge is 2.19. The Labute approximate surface area is 201 Å². The molecule has 1 N–H and O–H groups in total. The number of likely N-dealkylation sites (tertiary alicyclic amines) is 1. The van der Waals surface area contributed by atoms with Gasteiger partial charge in [-0.2, -0.15) is 0 Å². The molecule has 0 saturated carbocycles. The number of aromatic nitrogens is 1. The number of nitrogens with one attached hydrogen (secondary N) is 1. The number of para-hydroxylation sites is 1. The van der Waals surface area contributed by atoms with Gasteiger partial charge in [0.25, 0.3) is 6.47 Å². The highest BCUT2D eigenvalue weighted by molar-refractivity contribution is 6.08. The molecule has 0 radical (unpaired) electrons. The molecule has 0 spiro atoms. The summed E-state index contributed by atoms with van der Waals surface area (Å²) < 4.78 is 17.0. The van der Waals surface area contributed by atoms with Crippen LogP contribution in [0.4, 0.5) is 5.69 Å². The molecule has 0 aliphatic carbocycles. The average molecular weight is 466 g/mol. The number of carbonyl (C=O) groups is 1. The predicted molar refractivity (Wildman–Crippen MR) is 136 cm³/mol. The van der Waals surface area contributed by atoms with E-state index in [0.29, 0.717) is 37.5 Å². The molecule has 7 heteroatoms. The van der Waals surface area contributed by atoms with E-state index in [1.807, 2.05) is 44.2 Å². The second-order valence-electron chi connectivity index (χ2n) is 9.43. The van der Waals surface area contributed by atoms with Crippen molar-refractivity contribution in [2.75, 3.05) is 45.2 Å². The van der Waals surface area contributed by atoms with Gasteiger partial charge in [0.1, 0.15) is 5.60 Å². The van der Waals surface area contributed by atoms with Crippen LogP contribution in [-0.4, -0.2) is 61.9 Å². The summed E-state index contributed by atoms with van der Waals surface area (Å²) in [6.45, 7) is 9.06. The van der Waals surface area contributed by atoms with Gasteiger partial charge in [0.05, 0.1) is 30.4 Å². The Morgan fingerprint density at radius 1 is 1.09 bits per heavy atom. The fourth-order valence-electron chi connectivity index (χ4n) is 4.52. The first kappa shape index (κ1) is 24.1. The van der Waals surface area contributed by atoms with Crippen molar-refractivity contribution in [1.29, 1.82) is 0 Å². The minimum atomic E-state index is -0.541. The third-order valence-corrected chi connectivity index (χ3v) is 6.44. The van der Waals surface area contributed by atoms with Crippen molar-refractivity contribution < 1.29 is 19.0 Å². The van der Waals surface area contributed by atoms with Crippen LogP contribution in [0.3, 0.4) is 0 Å². The van der Waals surface area contributed by atoms with Gasteiger partial charge in [0.2, 0.25) is 0 Å². The fourth-order valence-corrected chi connectivity index (χ4v) is 4.52. The number of carbonyl (C=O) groups excluding carboxylic acids is 1. The summed E-state index contributed by atoms with van der Waals surface area (Å²) in [5.74, 6) is 1.41. The lowest BCUT2D eigenvalue weighted by atomic mass is 10.0. The van der Waals surface area contributed by atoms with E-state index in [0.717, 1.165) is 40.5 Å². The van der Waals surface area contributed by atoms with Gasteiger partial charge in [0, 0.05) is 36.3 Å². The summed E-state index contributed by atoms with van der Waals surface area (Å²) in [4.78, 5) is 18.2. The molecule has 0 unspecified atom stereocenters. The highest BCUT2D eigenvalue weighted by atomic mass is 16.5. The van der Waals surface area contributed by atoms with Crippen LogP contribution in [0.5, 0.6) is 11.5 Å². The molecule has 1 saturated heterocycles. The molecule has 0 bridgehead atoms. The molecule has 2 heterocycles. The van der Waals surface area contributed by atoms with Crippen molar-refractivity contribution in [1.82, 2.24) is 9.88 Å². The van der Waals surface area contributed by atoms with Crippen LogP contribution in [0.15, 0.2) is 36.4 Å². The highest BCUT2D eigenvalue weighted by Crippen LogP contribution is 2.38. The number of nitrogens with zero attached hydrogens (tertiary/aromatic N) is 2. The van der Waals surface area contributed by atoms with Gasteiger partial charge in [-0.25, -0.2) is 4.98 Å². The second-order valence-corrected chi connectivity index (χ2v) is 9.43. The number of ether oxygens (including phenoxy) is 3. The van der Waals surface area contributed by atoms with Gasteiger partial charge >= 0.3 is 0 Å². The minimum Gasteiger partial charge on any atom is -0.493 e. The summed E-state index contributed by atoms with van der Waals surface area (Å²) in [6.07, 6.45) is 4.25. The molecule has 182 valence electrons. The van der Waals surface area contributed by atoms with Crippen molar-refractivity contribution in [2.45, 2.75) is 45.1 Å². The van der Waals surface area contributed by atoms with Crippen molar-refractivity contribution in [3.05, 3.63) is 36.4 Å². The summed E-state index contributed by atoms with van der Waals surface area (Å²) in [6, 6.07) is 12.1. The molecule has 0 amide bonds. The van der Waals surface area contributed by atoms with E-state index in [4.69, 9.17) is 19.2 Å². The standard InChI is InChI=1S/C27H35N3O4/c1-27(2,34-19-31)11-12-28-26-20-9-4-5-10-22(20)29-23-18-25(24(32-3)17-21(23)26)33-16-8-15-30-13-6-7-14-30/h4-5,9-10,17-19H,6-8,11-16H2,1-3H3,(H,28,29). The van der Waals surface area contributed by atoms with Gasteiger partial charge in [0.15, 0.2) is 11.5 Å². The summed E-state index contributed by atoms with van der Waals surface area (Å²) >= 11 is 0. The smallest absolute Gasteiger partial charge is 0.293 e. The largest absolute Gasteiger partial charge is 0.493 e. The summed E-state index contributed by atoms with van der Waals surface area (Å²) in [5.41, 5.74) is 2.20. The van der Waals surface area contributed by atoms with Gasteiger partial charge in [-0.3, -0.25) is 4.79 Å². The van der Waals surface area contributed by atoms with Crippen LogP contribution in [0.25, 0.3) is 21.8 Å². The Bertz CT molecular complexity index is 1130. The fraction of sp³-hybridized carbons (Fsp3) is 0.481. The maximum atomic E-state index is 10.8. The van der Waals surface area contributed by atoms with E-state index in [2.05, 4.69) is 16.3 Å².